The Morgan fingerprint density at radius 3 is 2.71 bits per heavy atom. The Bertz CT molecular complexity index is 678. The van der Waals surface area contributed by atoms with Gasteiger partial charge in [-0.1, -0.05) is 23.8 Å². The first-order valence-electron chi connectivity index (χ1n) is 6.76. The van der Waals surface area contributed by atoms with Crippen LogP contribution in [0.1, 0.15) is 15.9 Å². The van der Waals surface area contributed by atoms with Crippen molar-refractivity contribution in [2.75, 3.05) is 13.7 Å². The van der Waals surface area contributed by atoms with Crippen molar-refractivity contribution in [1.29, 1.82) is 0 Å². The quantitative estimate of drug-likeness (QED) is 0.813. The molecule has 0 fully saturated rings. The average molecular weight is 284 g/mol. The van der Waals surface area contributed by atoms with E-state index in [0.29, 0.717) is 22.8 Å². The maximum Gasteiger partial charge on any atom is 0.210 e. The van der Waals surface area contributed by atoms with E-state index in [-0.39, 0.29) is 12.4 Å². The lowest BCUT2D eigenvalue weighted by Gasteiger charge is -2.25. The number of fused-ring (bicyclic) bond motifs is 1. The van der Waals surface area contributed by atoms with Gasteiger partial charge in [-0.3, -0.25) is 4.79 Å². The van der Waals surface area contributed by atoms with Crippen molar-refractivity contribution in [2.45, 2.75) is 13.0 Å². The molecule has 0 amide bonds. The number of aryl methyl sites for hydroxylation is 1. The van der Waals surface area contributed by atoms with E-state index in [1.165, 1.54) is 0 Å². The number of para-hydroxylation sites is 2. The lowest BCUT2D eigenvalue weighted by atomic mass is 10.0. The van der Waals surface area contributed by atoms with Crippen molar-refractivity contribution in [2.24, 2.45) is 0 Å². The highest BCUT2D eigenvalue weighted by atomic mass is 16.6. The Labute approximate surface area is 123 Å². The molecule has 0 aromatic heterocycles. The number of ketones is 1. The number of carbonyl (C=O) groups excluding carboxylic acids is 1. The highest BCUT2D eigenvalue weighted by molar-refractivity contribution is 6.02. The number of methoxy groups -OCH3 is 1. The third kappa shape index (κ3) is 2.57. The molecule has 0 bridgehead atoms. The minimum absolute atomic E-state index is 0.134. The molecule has 3 rings (SSSR count). The van der Waals surface area contributed by atoms with Crippen LogP contribution in [0.2, 0.25) is 0 Å². The first-order chi connectivity index (χ1) is 10.2. The summed E-state index contributed by atoms with van der Waals surface area (Å²) in [6.45, 7) is 2.14. The lowest BCUT2D eigenvalue weighted by molar-refractivity contribution is 0.0583. The molecule has 1 heterocycles. The molecule has 0 aliphatic carbocycles. The molecule has 0 spiro atoms. The molecule has 0 N–H and O–H groups in total. The normalized spacial score (nSPS) is 16.4. The zero-order chi connectivity index (χ0) is 14.8. The molecule has 1 aliphatic rings. The van der Waals surface area contributed by atoms with Crippen molar-refractivity contribution < 1.29 is 19.0 Å². The van der Waals surface area contributed by atoms with Crippen molar-refractivity contribution in [1.82, 2.24) is 0 Å². The lowest BCUT2D eigenvalue weighted by Crippen LogP contribution is -2.36. The topological polar surface area (TPSA) is 44.8 Å². The number of Topliss-reactive ketones (excluding diaryl/α,β-unsaturated/α-hetero) is 1. The zero-order valence-electron chi connectivity index (χ0n) is 12.0. The summed E-state index contributed by atoms with van der Waals surface area (Å²) in [7, 11) is 1.55. The predicted molar refractivity (Wildman–Crippen MR) is 78.4 cm³/mol. The molecule has 2 aromatic rings. The zero-order valence-corrected chi connectivity index (χ0v) is 12.0. The number of ether oxygens (including phenoxy) is 3. The van der Waals surface area contributed by atoms with Crippen molar-refractivity contribution in [3.05, 3.63) is 53.6 Å². The van der Waals surface area contributed by atoms with E-state index in [4.69, 9.17) is 14.2 Å². The summed E-state index contributed by atoms with van der Waals surface area (Å²) in [6.07, 6.45) is -0.657. The monoisotopic (exact) mass is 284 g/mol. The smallest absolute Gasteiger partial charge is 0.210 e. The Hall–Kier alpha value is -2.49. The molecule has 21 heavy (non-hydrogen) atoms. The Kier molecular flexibility index (Phi) is 3.52. The molecule has 4 heteroatoms. The van der Waals surface area contributed by atoms with E-state index < -0.39 is 6.10 Å². The molecule has 1 aliphatic heterocycles. The molecule has 2 aromatic carbocycles. The predicted octanol–water partition coefficient (Wildman–Crippen LogP) is 3.03. The maximum absolute atomic E-state index is 12.7. The van der Waals surface area contributed by atoms with Crippen LogP contribution in [0.4, 0.5) is 0 Å². The van der Waals surface area contributed by atoms with Crippen LogP contribution in [0.25, 0.3) is 0 Å². The van der Waals surface area contributed by atoms with Crippen LogP contribution in [-0.2, 0) is 0 Å². The first-order valence-corrected chi connectivity index (χ1v) is 6.76. The van der Waals surface area contributed by atoms with Crippen LogP contribution < -0.4 is 14.2 Å². The molecule has 0 saturated carbocycles. The second kappa shape index (κ2) is 5.48. The van der Waals surface area contributed by atoms with Gasteiger partial charge in [-0.15, -0.1) is 0 Å². The van der Waals surface area contributed by atoms with Gasteiger partial charge in [0.2, 0.25) is 5.78 Å². The number of benzene rings is 2. The molecular weight excluding hydrogens is 268 g/mol. The van der Waals surface area contributed by atoms with Crippen LogP contribution in [0.5, 0.6) is 17.2 Å². The molecule has 4 nitrogen and oxygen atoms in total. The Balaban J connectivity index is 1.89. The van der Waals surface area contributed by atoms with Crippen LogP contribution >= 0.6 is 0 Å². The SMILES string of the molecule is COc1ccc(C)cc1C(=O)C1COc2ccccc2O1. The van der Waals surface area contributed by atoms with Crippen LogP contribution in [0.3, 0.4) is 0 Å². The van der Waals surface area contributed by atoms with Crippen molar-refractivity contribution in [3.63, 3.8) is 0 Å². The van der Waals surface area contributed by atoms with Gasteiger partial charge < -0.3 is 14.2 Å². The summed E-state index contributed by atoms with van der Waals surface area (Å²) in [5, 5.41) is 0. The fourth-order valence-corrected chi connectivity index (χ4v) is 2.34. The van der Waals surface area contributed by atoms with Crippen LogP contribution in [0.15, 0.2) is 42.5 Å². The number of hydrogen-bond donors (Lipinski definition) is 0. The van der Waals surface area contributed by atoms with Crippen LogP contribution in [0, 0.1) is 6.92 Å². The van der Waals surface area contributed by atoms with Gasteiger partial charge in [-0.05, 0) is 31.2 Å². The van der Waals surface area contributed by atoms with E-state index in [9.17, 15) is 4.79 Å². The molecule has 1 atom stereocenters. The molecular formula is C17H16O4. The standard InChI is InChI=1S/C17H16O4/c1-11-7-8-13(19-2)12(9-11)17(18)16-10-20-14-5-3-4-6-15(14)21-16/h3-9,16H,10H2,1-2H3. The third-order valence-corrected chi connectivity index (χ3v) is 3.42. The largest absolute Gasteiger partial charge is 0.496 e. The number of rotatable bonds is 3. The molecule has 0 saturated heterocycles. The van der Waals surface area contributed by atoms with Gasteiger partial charge >= 0.3 is 0 Å². The summed E-state index contributed by atoms with van der Waals surface area (Å²) in [4.78, 5) is 12.7. The molecule has 1 unspecified atom stereocenters. The van der Waals surface area contributed by atoms with E-state index in [2.05, 4.69) is 0 Å². The van der Waals surface area contributed by atoms with E-state index in [1.54, 1.807) is 19.2 Å². The second-order valence-electron chi connectivity index (χ2n) is 4.93. The third-order valence-electron chi connectivity index (χ3n) is 3.42. The van der Waals surface area contributed by atoms with Gasteiger partial charge in [0.1, 0.15) is 12.4 Å². The highest BCUT2D eigenvalue weighted by Gasteiger charge is 2.29. The van der Waals surface area contributed by atoms with Gasteiger partial charge in [0, 0.05) is 0 Å². The highest BCUT2D eigenvalue weighted by Crippen LogP contribution is 2.32. The van der Waals surface area contributed by atoms with Gasteiger partial charge in [-0.25, -0.2) is 0 Å². The fourth-order valence-electron chi connectivity index (χ4n) is 2.34. The summed E-state index contributed by atoms with van der Waals surface area (Å²) in [5.74, 6) is 1.67. The molecule has 0 radical (unpaired) electrons. The van der Waals surface area contributed by atoms with E-state index in [1.807, 2.05) is 37.3 Å². The fraction of sp³-hybridized carbons (Fsp3) is 0.235. The summed E-state index contributed by atoms with van der Waals surface area (Å²) >= 11 is 0. The Morgan fingerprint density at radius 1 is 1.19 bits per heavy atom. The minimum atomic E-state index is -0.657. The van der Waals surface area contributed by atoms with Gasteiger partial charge in [0.25, 0.3) is 0 Å². The van der Waals surface area contributed by atoms with E-state index >= 15 is 0 Å². The molecule has 108 valence electrons. The van der Waals surface area contributed by atoms with Gasteiger partial charge in [0.15, 0.2) is 17.6 Å². The maximum atomic E-state index is 12.7. The van der Waals surface area contributed by atoms with Crippen molar-refractivity contribution >= 4 is 5.78 Å². The first kappa shape index (κ1) is 13.5. The van der Waals surface area contributed by atoms with Crippen LogP contribution in [-0.4, -0.2) is 25.6 Å². The van der Waals surface area contributed by atoms with Gasteiger partial charge in [0.05, 0.1) is 12.7 Å². The average Bonchev–Trinajstić information content (AvgIpc) is 2.53. The minimum Gasteiger partial charge on any atom is -0.496 e. The second-order valence-corrected chi connectivity index (χ2v) is 4.93. The Morgan fingerprint density at radius 2 is 1.95 bits per heavy atom. The number of carbonyl (C=O) groups is 1. The summed E-state index contributed by atoms with van der Waals surface area (Å²) in [5.41, 5.74) is 1.52. The number of hydrogen-bond acceptors (Lipinski definition) is 4. The van der Waals surface area contributed by atoms with E-state index in [0.717, 1.165) is 5.56 Å². The van der Waals surface area contributed by atoms with Crippen molar-refractivity contribution in [3.8, 4) is 17.2 Å². The summed E-state index contributed by atoms with van der Waals surface area (Å²) < 4.78 is 16.6. The van der Waals surface area contributed by atoms with Gasteiger partial charge in [-0.2, -0.15) is 0 Å². The summed E-state index contributed by atoms with van der Waals surface area (Å²) in [6, 6.07) is 12.8.